The summed E-state index contributed by atoms with van der Waals surface area (Å²) in [4.78, 5) is 14.9. The maximum absolute atomic E-state index is 4.31. The summed E-state index contributed by atoms with van der Waals surface area (Å²) in [5.74, 6) is 0. The van der Waals surface area contributed by atoms with Crippen molar-refractivity contribution in [2.75, 3.05) is 18.4 Å². The second-order valence-electron chi connectivity index (χ2n) is 5.97. The molecule has 1 aliphatic heterocycles. The van der Waals surface area contributed by atoms with E-state index >= 15 is 0 Å². The van der Waals surface area contributed by atoms with Gasteiger partial charge in [-0.2, -0.15) is 0 Å². The Morgan fingerprint density at radius 1 is 1.17 bits per heavy atom. The Morgan fingerprint density at radius 3 is 3.04 bits per heavy atom. The molecular weight excluding hydrogens is 286 g/mol. The highest BCUT2D eigenvalue weighted by Gasteiger charge is 2.22. The highest BCUT2D eigenvalue weighted by Crippen LogP contribution is 2.25. The predicted octanol–water partition coefficient (Wildman–Crippen LogP) is 2.96. The fourth-order valence-corrected chi connectivity index (χ4v) is 3.20. The smallest absolute Gasteiger partial charge is 0.115 e. The molecule has 2 aromatic heterocycles. The van der Waals surface area contributed by atoms with Gasteiger partial charge in [0.25, 0.3) is 0 Å². The van der Waals surface area contributed by atoms with Gasteiger partial charge in [0, 0.05) is 62.2 Å². The molecule has 1 N–H and O–H groups in total. The van der Waals surface area contributed by atoms with Crippen molar-refractivity contribution in [2.24, 2.45) is 0 Å². The van der Waals surface area contributed by atoms with E-state index in [0.717, 1.165) is 31.7 Å². The van der Waals surface area contributed by atoms with Gasteiger partial charge in [0.1, 0.15) is 6.33 Å². The van der Waals surface area contributed by atoms with Crippen LogP contribution in [0.25, 0.3) is 10.8 Å². The molecule has 5 heteroatoms. The molecule has 3 heterocycles. The van der Waals surface area contributed by atoms with E-state index in [2.05, 4.69) is 49.4 Å². The number of fused-ring (bicyclic) bond motifs is 1. The van der Waals surface area contributed by atoms with E-state index in [1.54, 1.807) is 12.5 Å². The lowest BCUT2D eigenvalue weighted by atomic mass is 10.1. The van der Waals surface area contributed by atoms with E-state index in [4.69, 9.17) is 0 Å². The Bertz CT molecular complexity index is 790. The molecule has 0 amide bonds. The molecule has 1 atom stereocenters. The molecule has 3 aromatic rings. The fourth-order valence-electron chi connectivity index (χ4n) is 3.20. The van der Waals surface area contributed by atoms with Gasteiger partial charge in [-0.25, -0.2) is 9.97 Å². The summed E-state index contributed by atoms with van der Waals surface area (Å²) in [6.45, 7) is 3.01. The van der Waals surface area contributed by atoms with Crippen molar-refractivity contribution in [2.45, 2.75) is 19.0 Å². The van der Waals surface area contributed by atoms with Gasteiger partial charge < -0.3 is 5.32 Å². The van der Waals surface area contributed by atoms with E-state index in [0.29, 0.717) is 6.04 Å². The normalized spacial score (nSPS) is 18.3. The quantitative estimate of drug-likeness (QED) is 0.803. The number of nitrogens with zero attached hydrogens (tertiary/aromatic N) is 4. The minimum absolute atomic E-state index is 0. The van der Waals surface area contributed by atoms with Crippen LogP contribution < -0.4 is 5.32 Å². The number of pyridine rings is 1. The third kappa shape index (κ3) is 3.14. The Kier molecular flexibility index (Phi) is 3.86. The second kappa shape index (κ2) is 6.30. The van der Waals surface area contributed by atoms with Gasteiger partial charge in [-0.3, -0.25) is 9.88 Å². The van der Waals surface area contributed by atoms with Gasteiger partial charge in [0.05, 0.1) is 5.69 Å². The van der Waals surface area contributed by atoms with Crippen LogP contribution in [-0.2, 0) is 6.54 Å². The fraction of sp³-hybridized carbons (Fsp3) is 0.278. The summed E-state index contributed by atoms with van der Waals surface area (Å²) in [7, 11) is 0. The van der Waals surface area contributed by atoms with Gasteiger partial charge in [-0.1, -0.05) is 12.1 Å². The van der Waals surface area contributed by atoms with Gasteiger partial charge in [-0.15, -0.1) is 0 Å². The minimum atomic E-state index is 0. The molecule has 4 rings (SSSR count). The van der Waals surface area contributed by atoms with Gasteiger partial charge in [-0.05, 0) is 24.6 Å². The maximum atomic E-state index is 4.31. The average molecular weight is 307 g/mol. The van der Waals surface area contributed by atoms with Crippen LogP contribution in [0.3, 0.4) is 0 Å². The molecule has 1 aliphatic rings. The maximum Gasteiger partial charge on any atom is 0.115 e. The first-order valence-corrected chi connectivity index (χ1v) is 7.95. The third-order valence-corrected chi connectivity index (χ3v) is 4.34. The zero-order valence-corrected chi connectivity index (χ0v) is 12.9. The number of nitrogens with one attached hydrogen (secondary N) is 1. The van der Waals surface area contributed by atoms with Crippen molar-refractivity contribution < 1.29 is 1.43 Å². The Labute approximate surface area is 136 Å². The molecule has 0 spiro atoms. The third-order valence-electron chi connectivity index (χ3n) is 4.34. The van der Waals surface area contributed by atoms with Crippen LogP contribution >= 0.6 is 0 Å². The lowest BCUT2D eigenvalue weighted by Gasteiger charge is -2.18. The zero-order chi connectivity index (χ0) is 15.5. The highest BCUT2D eigenvalue weighted by atomic mass is 15.2. The lowest BCUT2D eigenvalue weighted by Crippen LogP contribution is -2.26. The number of likely N-dealkylation sites (tertiary alicyclic amines) is 1. The number of benzene rings is 1. The standard InChI is InChI=1S/C18H19N5.H2/c1-2-14-10-19-8-5-17(14)18(3-1)22-16-6-9-23(12-16)11-15-4-7-20-13-21-15;/h1-5,7-8,10,13,16,22H,6,9,11-12H2;1H/t16-;/m1./s1. The molecule has 0 unspecified atom stereocenters. The van der Waals surface area contributed by atoms with E-state index in [1.165, 1.54) is 16.5 Å². The van der Waals surface area contributed by atoms with E-state index < -0.39 is 0 Å². The largest absolute Gasteiger partial charge is 0.380 e. The number of hydrogen-bond acceptors (Lipinski definition) is 5. The monoisotopic (exact) mass is 307 g/mol. The molecule has 23 heavy (non-hydrogen) atoms. The second-order valence-corrected chi connectivity index (χ2v) is 5.97. The van der Waals surface area contributed by atoms with Crippen LogP contribution in [0.5, 0.6) is 0 Å². The summed E-state index contributed by atoms with van der Waals surface area (Å²) >= 11 is 0. The van der Waals surface area contributed by atoms with E-state index in [9.17, 15) is 0 Å². The first-order chi connectivity index (χ1) is 11.4. The molecule has 0 bridgehead atoms. The molecular formula is C18H21N5. The molecule has 0 aliphatic carbocycles. The van der Waals surface area contributed by atoms with Crippen molar-refractivity contribution in [1.82, 2.24) is 19.9 Å². The predicted molar refractivity (Wildman–Crippen MR) is 93.2 cm³/mol. The van der Waals surface area contributed by atoms with Gasteiger partial charge in [0.15, 0.2) is 0 Å². The molecule has 1 fully saturated rings. The van der Waals surface area contributed by atoms with Crippen molar-refractivity contribution in [3.05, 3.63) is 60.9 Å². The summed E-state index contributed by atoms with van der Waals surface area (Å²) < 4.78 is 0. The molecule has 118 valence electrons. The summed E-state index contributed by atoms with van der Waals surface area (Å²) in [6.07, 6.45) is 8.33. The van der Waals surface area contributed by atoms with Crippen LogP contribution in [0, 0.1) is 0 Å². The summed E-state index contributed by atoms with van der Waals surface area (Å²) in [5.41, 5.74) is 2.27. The number of aromatic nitrogens is 3. The van der Waals surface area contributed by atoms with Crippen LogP contribution in [0.15, 0.2) is 55.2 Å². The van der Waals surface area contributed by atoms with Gasteiger partial charge in [0.2, 0.25) is 0 Å². The van der Waals surface area contributed by atoms with Crippen LogP contribution in [0.4, 0.5) is 5.69 Å². The first kappa shape index (κ1) is 14.1. The lowest BCUT2D eigenvalue weighted by molar-refractivity contribution is 0.324. The van der Waals surface area contributed by atoms with Crippen LogP contribution in [0.1, 0.15) is 13.5 Å². The van der Waals surface area contributed by atoms with Crippen molar-refractivity contribution in [1.29, 1.82) is 0 Å². The molecule has 1 saturated heterocycles. The highest BCUT2D eigenvalue weighted by molar-refractivity contribution is 5.93. The summed E-state index contributed by atoms with van der Waals surface area (Å²) in [5, 5.41) is 6.10. The molecule has 0 radical (unpaired) electrons. The van der Waals surface area contributed by atoms with E-state index in [1.807, 2.05) is 18.5 Å². The topological polar surface area (TPSA) is 53.9 Å². The number of anilines is 1. The first-order valence-electron chi connectivity index (χ1n) is 7.95. The Morgan fingerprint density at radius 2 is 2.13 bits per heavy atom. The van der Waals surface area contributed by atoms with Crippen LogP contribution in [0.2, 0.25) is 0 Å². The zero-order valence-electron chi connectivity index (χ0n) is 12.9. The average Bonchev–Trinajstić information content (AvgIpc) is 3.03. The Balaban J connectivity index is 0.00000169. The van der Waals surface area contributed by atoms with Crippen molar-refractivity contribution in [3.63, 3.8) is 0 Å². The Hall–Kier alpha value is -2.53. The minimum Gasteiger partial charge on any atom is -0.380 e. The SMILES string of the molecule is [HH].c1cc(N[C@@H]2CCN(Cc3ccncn3)C2)c2ccncc2c1. The summed E-state index contributed by atoms with van der Waals surface area (Å²) in [6, 6.07) is 10.9. The molecule has 1 aromatic carbocycles. The van der Waals surface area contributed by atoms with Crippen molar-refractivity contribution >= 4 is 16.5 Å². The molecule has 0 saturated carbocycles. The number of rotatable bonds is 4. The van der Waals surface area contributed by atoms with Crippen LogP contribution in [-0.4, -0.2) is 39.0 Å². The van der Waals surface area contributed by atoms with Crippen molar-refractivity contribution in [3.8, 4) is 0 Å². The van der Waals surface area contributed by atoms with E-state index in [-0.39, 0.29) is 1.43 Å². The van der Waals surface area contributed by atoms with Gasteiger partial charge >= 0.3 is 0 Å². The molecule has 5 nitrogen and oxygen atoms in total. The number of hydrogen-bond donors (Lipinski definition) is 1.